The van der Waals surface area contributed by atoms with Crippen LogP contribution in [0.15, 0.2) is 73.0 Å². The van der Waals surface area contributed by atoms with Crippen molar-refractivity contribution in [2.75, 3.05) is 13.7 Å². The van der Waals surface area contributed by atoms with E-state index in [1.807, 2.05) is 12.1 Å². The molecule has 4 atom stereocenters. The predicted molar refractivity (Wildman–Crippen MR) is 126 cm³/mol. The minimum atomic E-state index is -1.82. The van der Waals surface area contributed by atoms with Crippen molar-refractivity contribution < 1.29 is 22.6 Å². The van der Waals surface area contributed by atoms with E-state index in [4.69, 9.17) is 9.47 Å². The van der Waals surface area contributed by atoms with Gasteiger partial charge < -0.3 is 9.47 Å². The van der Waals surface area contributed by atoms with Gasteiger partial charge in [-0.1, -0.05) is 48.6 Å². The zero-order valence-corrected chi connectivity index (χ0v) is 18.8. The third kappa shape index (κ3) is 5.09. The number of alkyl halides is 2. The van der Waals surface area contributed by atoms with Crippen LogP contribution >= 0.6 is 0 Å². The van der Waals surface area contributed by atoms with Crippen molar-refractivity contribution in [3.05, 3.63) is 90.0 Å². The van der Waals surface area contributed by atoms with Crippen LogP contribution < -0.4 is 0 Å². The summed E-state index contributed by atoms with van der Waals surface area (Å²) < 4.78 is 54.5. The molecule has 0 N–H and O–H groups in total. The number of methoxy groups -OCH3 is 1. The Morgan fingerprint density at radius 2 is 1.73 bits per heavy atom. The monoisotopic (exact) mass is 454 g/mol. The summed E-state index contributed by atoms with van der Waals surface area (Å²) in [5.74, 6) is 0.197. The number of rotatable bonds is 7. The van der Waals surface area contributed by atoms with Gasteiger partial charge in [0.25, 0.3) is 0 Å². The Hall–Kier alpha value is -2.79. The first-order valence-corrected chi connectivity index (χ1v) is 11.4. The average Bonchev–Trinajstić information content (AvgIpc) is 2.85. The Balaban J connectivity index is 1.46. The summed E-state index contributed by atoms with van der Waals surface area (Å²) >= 11 is 0. The molecule has 33 heavy (non-hydrogen) atoms. The number of allylic oxidation sites excluding steroid dienone is 5. The third-order valence-electron chi connectivity index (χ3n) is 6.54. The molecule has 1 aliphatic carbocycles. The topological polar surface area (TPSA) is 18.5 Å². The number of hydrogen-bond donors (Lipinski definition) is 0. The third-order valence-corrected chi connectivity index (χ3v) is 6.54. The van der Waals surface area contributed by atoms with Gasteiger partial charge in [-0.05, 0) is 66.0 Å². The lowest BCUT2D eigenvalue weighted by Gasteiger charge is -2.29. The summed E-state index contributed by atoms with van der Waals surface area (Å²) in [6.45, 7) is 4.41. The lowest BCUT2D eigenvalue weighted by atomic mass is 9.90. The van der Waals surface area contributed by atoms with E-state index in [-0.39, 0.29) is 23.3 Å². The van der Waals surface area contributed by atoms with Gasteiger partial charge in [-0.3, -0.25) is 0 Å². The predicted octanol–water partition coefficient (Wildman–Crippen LogP) is 7.53. The minimum absolute atomic E-state index is 0.0207. The first-order chi connectivity index (χ1) is 16.0. The highest BCUT2D eigenvalue weighted by atomic mass is 19.2. The van der Waals surface area contributed by atoms with Crippen molar-refractivity contribution >= 4 is 5.57 Å². The smallest absolute Gasteiger partial charge is 0.192 e. The van der Waals surface area contributed by atoms with Gasteiger partial charge in [0.1, 0.15) is 11.6 Å². The van der Waals surface area contributed by atoms with Crippen LogP contribution in [0.3, 0.4) is 0 Å². The van der Waals surface area contributed by atoms with Crippen molar-refractivity contribution in [2.45, 2.75) is 44.1 Å². The lowest BCUT2D eigenvalue weighted by molar-refractivity contribution is -0.0207. The van der Waals surface area contributed by atoms with Gasteiger partial charge in [-0.25, -0.2) is 13.2 Å². The summed E-state index contributed by atoms with van der Waals surface area (Å²) in [5.41, 5.74) is 2.95. The van der Waals surface area contributed by atoms with Crippen molar-refractivity contribution in [1.29, 1.82) is 0 Å². The molecule has 0 radical (unpaired) electrons. The first kappa shape index (κ1) is 23.4. The molecule has 4 unspecified atom stereocenters. The normalized spacial score (nSPS) is 25.2. The van der Waals surface area contributed by atoms with Gasteiger partial charge in [-0.15, -0.1) is 6.58 Å². The zero-order valence-electron chi connectivity index (χ0n) is 18.8. The quantitative estimate of drug-likeness (QED) is 0.403. The van der Waals surface area contributed by atoms with Crippen LogP contribution in [0.2, 0.25) is 0 Å². The second-order valence-corrected chi connectivity index (χ2v) is 8.64. The maximum Gasteiger partial charge on any atom is 0.192 e. The summed E-state index contributed by atoms with van der Waals surface area (Å²) in [5, 5.41) is 0. The summed E-state index contributed by atoms with van der Waals surface area (Å²) in [7, 11) is 1.32. The van der Waals surface area contributed by atoms with Crippen molar-refractivity contribution in [1.82, 2.24) is 0 Å². The van der Waals surface area contributed by atoms with Crippen molar-refractivity contribution in [3.63, 3.8) is 0 Å². The molecule has 0 spiro atoms. The Bertz CT molecular complexity index is 1030. The van der Waals surface area contributed by atoms with Crippen molar-refractivity contribution in [2.24, 2.45) is 5.92 Å². The highest BCUT2D eigenvalue weighted by molar-refractivity contribution is 5.75. The number of hydrogen-bond acceptors (Lipinski definition) is 2. The molecule has 0 saturated carbocycles. The van der Waals surface area contributed by atoms with Crippen LogP contribution in [-0.4, -0.2) is 26.1 Å². The summed E-state index contributed by atoms with van der Waals surface area (Å²) in [6, 6.07) is 12.2. The molecule has 2 aromatic rings. The Labute approximate surface area is 193 Å². The molecule has 0 bridgehead atoms. The molecule has 174 valence electrons. The molecule has 2 nitrogen and oxygen atoms in total. The molecule has 5 heteroatoms. The van der Waals surface area contributed by atoms with Crippen molar-refractivity contribution in [3.8, 4) is 11.1 Å². The number of ether oxygens (including phenoxy) is 2. The van der Waals surface area contributed by atoms with Crippen LogP contribution in [-0.2, 0) is 9.47 Å². The molecule has 0 amide bonds. The van der Waals surface area contributed by atoms with E-state index in [0.717, 1.165) is 36.8 Å². The molecule has 2 aliphatic rings. The van der Waals surface area contributed by atoms with E-state index in [2.05, 4.69) is 6.58 Å². The van der Waals surface area contributed by atoms with E-state index in [0.29, 0.717) is 23.7 Å². The van der Waals surface area contributed by atoms with E-state index in [9.17, 15) is 13.2 Å². The summed E-state index contributed by atoms with van der Waals surface area (Å²) in [4.78, 5) is 0. The van der Waals surface area contributed by atoms with Gasteiger partial charge in [0, 0.05) is 5.56 Å². The van der Waals surface area contributed by atoms with E-state index in [1.54, 1.807) is 30.3 Å². The van der Waals surface area contributed by atoms with Gasteiger partial charge in [-0.2, -0.15) is 0 Å². The van der Waals surface area contributed by atoms with Crippen LogP contribution in [0.4, 0.5) is 13.2 Å². The van der Waals surface area contributed by atoms with Gasteiger partial charge in [0.15, 0.2) is 12.3 Å². The molecular formula is C28H29F3O2. The lowest BCUT2D eigenvalue weighted by Crippen LogP contribution is -2.24. The van der Waals surface area contributed by atoms with Gasteiger partial charge >= 0.3 is 0 Å². The Morgan fingerprint density at radius 3 is 2.36 bits per heavy atom. The first-order valence-electron chi connectivity index (χ1n) is 11.4. The minimum Gasteiger partial charge on any atom is -0.498 e. The largest absolute Gasteiger partial charge is 0.498 e. The fourth-order valence-corrected chi connectivity index (χ4v) is 4.55. The van der Waals surface area contributed by atoms with E-state index in [1.165, 1.54) is 25.3 Å². The highest BCUT2D eigenvalue weighted by Gasteiger charge is 2.32. The zero-order chi connectivity index (χ0) is 23.4. The molecular weight excluding hydrogens is 425 g/mol. The maximum absolute atomic E-state index is 14.9. The molecule has 0 aromatic heterocycles. The highest BCUT2D eigenvalue weighted by Crippen LogP contribution is 2.36. The Morgan fingerprint density at radius 1 is 1.00 bits per heavy atom. The Kier molecular flexibility index (Phi) is 7.39. The van der Waals surface area contributed by atoms with Crippen LogP contribution in [0.1, 0.15) is 42.9 Å². The molecule has 1 saturated heterocycles. The fraction of sp³-hybridized carbons (Fsp3) is 0.357. The SMILES string of the molecule is C=CCCC1CCC(c2ccc(-c3ccc(C4=CC=C(OC)C(F)C4F)cc3)cc2F)OC1. The van der Waals surface area contributed by atoms with Crippen LogP contribution in [0.25, 0.3) is 16.7 Å². The molecule has 1 heterocycles. The van der Waals surface area contributed by atoms with Gasteiger partial charge in [0.05, 0.1) is 19.8 Å². The number of halogens is 3. The van der Waals surface area contributed by atoms with E-state index < -0.39 is 12.3 Å². The van der Waals surface area contributed by atoms with Crippen LogP contribution in [0.5, 0.6) is 0 Å². The van der Waals surface area contributed by atoms with E-state index >= 15 is 0 Å². The number of benzene rings is 2. The second kappa shape index (κ2) is 10.4. The van der Waals surface area contributed by atoms with Gasteiger partial charge in [0.2, 0.25) is 0 Å². The molecule has 4 rings (SSSR count). The standard InChI is InChI=1S/C28H29F3O2/c1-3-4-5-18-6-14-25(33-17-18)23-12-11-21(16-24(23)29)19-7-9-20(10-8-19)22-13-15-26(32-2)28(31)27(22)30/h3,7-13,15-16,18,25,27-28H,1,4-6,14,17H2,2H3. The second-order valence-electron chi connectivity index (χ2n) is 8.64. The van der Waals surface area contributed by atoms with Crippen LogP contribution in [0, 0.1) is 11.7 Å². The molecule has 1 aliphatic heterocycles. The summed E-state index contributed by atoms with van der Waals surface area (Å²) in [6.07, 6.45) is 4.93. The average molecular weight is 455 g/mol. The fourth-order valence-electron chi connectivity index (χ4n) is 4.55. The maximum atomic E-state index is 14.9. The molecule has 1 fully saturated rings. The molecule has 2 aromatic carbocycles.